The van der Waals surface area contributed by atoms with E-state index in [0.29, 0.717) is 5.56 Å². The minimum atomic E-state index is -0.934. The lowest BCUT2D eigenvalue weighted by Gasteiger charge is -2.24. The van der Waals surface area contributed by atoms with Gasteiger partial charge in [0.2, 0.25) is 0 Å². The van der Waals surface area contributed by atoms with Crippen LogP contribution < -0.4 is 5.73 Å². The lowest BCUT2D eigenvalue weighted by atomic mass is 10.0. The fourth-order valence-corrected chi connectivity index (χ4v) is 3.29. The second-order valence-corrected chi connectivity index (χ2v) is 7.61. The van der Waals surface area contributed by atoms with E-state index < -0.39 is 24.2 Å². The largest absolute Gasteiger partial charge is 0.504 e. The molecule has 2 rings (SSSR count). The number of rotatable bonds is 7. The Balaban J connectivity index is 1.82. The maximum Gasteiger partial charge on any atom is 0.323 e. The molecule has 156 valence electrons. The molecule has 1 aliphatic carbocycles. The number of carbonyl (C=O) groups is 2. The third kappa shape index (κ3) is 6.41. The number of phenols is 2. The zero-order valence-electron chi connectivity index (χ0n) is 16.6. The molecule has 0 bridgehead atoms. The van der Waals surface area contributed by atoms with Crippen molar-refractivity contribution in [3.8, 4) is 11.5 Å². The first-order chi connectivity index (χ1) is 13.3. The van der Waals surface area contributed by atoms with Crippen molar-refractivity contribution in [1.29, 1.82) is 0 Å². The summed E-state index contributed by atoms with van der Waals surface area (Å²) in [4.78, 5) is 24.6. The smallest absolute Gasteiger partial charge is 0.323 e. The Labute approximate surface area is 165 Å². The van der Waals surface area contributed by atoms with Crippen molar-refractivity contribution in [1.82, 2.24) is 0 Å². The van der Waals surface area contributed by atoms with E-state index in [1.54, 1.807) is 19.9 Å². The average molecular weight is 393 g/mol. The van der Waals surface area contributed by atoms with Crippen LogP contribution in [0, 0.1) is 5.92 Å². The maximum atomic E-state index is 12.4. The lowest BCUT2D eigenvalue weighted by molar-refractivity contribution is -0.169. The molecule has 0 amide bonds. The number of hydrogen-bond acceptors (Lipinski definition) is 7. The quantitative estimate of drug-likeness (QED) is 0.370. The minimum absolute atomic E-state index is 0.0720. The van der Waals surface area contributed by atoms with Gasteiger partial charge in [-0.2, -0.15) is 0 Å². The highest BCUT2D eigenvalue weighted by Crippen LogP contribution is 2.26. The summed E-state index contributed by atoms with van der Waals surface area (Å²) >= 11 is 0. The van der Waals surface area contributed by atoms with Crippen molar-refractivity contribution in [2.45, 2.75) is 77.0 Å². The van der Waals surface area contributed by atoms with Crippen LogP contribution in [-0.4, -0.2) is 40.4 Å². The molecule has 1 aliphatic rings. The number of esters is 2. The average Bonchev–Trinajstić information content (AvgIpc) is 2.94. The predicted octanol–water partition coefficient (Wildman–Crippen LogP) is 2.80. The van der Waals surface area contributed by atoms with E-state index in [4.69, 9.17) is 15.2 Å². The van der Waals surface area contributed by atoms with Gasteiger partial charge in [-0.15, -0.1) is 0 Å². The summed E-state index contributed by atoms with van der Waals surface area (Å²) in [5, 5.41) is 18.9. The van der Waals surface area contributed by atoms with Gasteiger partial charge in [0.25, 0.3) is 0 Å². The fraction of sp³-hybridized carbons (Fsp3) is 0.619. The van der Waals surface area contributed by atoms with E-state index in [0.717, 1.165) is 38.5 Å². The van der Waals surface area contributed by atoms with Crippen LogP contribution in [0.3, 0.4) is 0 Å². The molecule has 0 radical (unpaired) electrons. The highest BCUT2D eigenvalue weighted by atomic mass is 16.6. The molecular formula is C21H31NO6. The summed E-state index contributed by atoms with van der Waals surface area (Å²) in [5.74, 6) is -1.42. The van der Waals surface area contributed by atoms with Crippen LogP contribution in [0.2, 0.25) is 0 Å². The SMILES string of the molecule is C[C@@H](OC(=O)C1CCCCCC1)[C@@H](C)OC(=O)[C@@H](N)Cc1ccc(O)c(O)c1. The van der Waals surface area contributed by atoms with Gasteiger partial charge in [-0.25, -0.2) is 0 Å². The maximum absolute atomic E-state index is 12.4. The molecule has 0 spiro atoms. The fourth-order valence-electron chi connectivity index (χ4n) is 3.29. The topological polar surface area (TPSA) is 119 Å². The molecular weight excluding hydrogens is 362 g/mol. The van der Waals surface area contributed by atoms with Crippen LogP contribution >= 0.6 is 0 Å². The zero-order valence-corrected chi connectivity index (χ0v) is 16.6. The van der Waals surface area contributed by atoms with Crippen molar-refractivity contribution in [2.75, 3.05) is 0 Å². The van der Waals surface area contributed by atoms with Crippen LogP contribution in [-0.2, 0) is 25.5 Å². The Bertz CT molecular complexity index is 669. The molecule has 3 atom stereocenters. The van der Waals surface area contributed by atoms with Gasteiger partial charge >= 0.3 is 11.9 Å². The second kappa shape index (κ2) is 10.3. The first kappa shape index (κ1) is 22.0. The molecule has 1 saturated carbocycles. The summed E-state index contributed by atoms with van der Waals surface area (Å²) in [6.45, 7) is 3.37. The number of ether oxygens (including phenoxy) is 2. The van der Waals surface area contributed by atoms with Gasteiger partial charge in [0, 0.05) is 0 Å². The molecule has 4 N–H and O–H groups in total. The van der Waals surface area contributed by atoms with Crippen molar-refractivity contribution >= 4 is 11.9 Å². The third-order valence-electron chi connectivity index (χ3n) is 5.25. The van der Waals surface area contributed by atoms with Crippen LogP contribution in [0.15, 0.2) is 18.2 Å². The van der Waals surface area contributed by atoms with Crippen molar-refractivity contribution in [3.63, 3.8) is 0 Å². The van der Waals surface area contributed by atoms with E-state index >= 15 is 0 Å². The number of hydrogen-bond donors (Lipinski definition) is 3. The molecule has 28 heavy (non-hydrogen) atoms. The highest BCUT2D eigenvalue weighted by Gasteiger charge is 2.28. The molecule has 1 fully saturated rings. The van der Waals surface area contributed by atoms with E-state index in [1.165, 1.54) is 12.1 Å². The Hall–Kier alpha value is -2.28. The van der Waals surface area contributed by atoms with Crippen LogP contribution in [0.5, 0.6) is 11.5 Å². The van der Waals surface area contributed by atoms with Crippen LogP contribution in [0.25, 0.3) is 0 Å². The first-order valence-electron chi connectivity index (χ1n) is 9.95. The number of carbonyl (C=O) groups excluding carboxylic acids is 2. The Morgan fingerprint density at radius 1 is 1.04 bits per heavy atom. The minimum Gasteiger partial charge on any atom is -0.504 e. The summed E-state index contributed by atoms with van der Waals surface area (Å²) in [6, 6.07) is 3.32. The van der Waals surface area contributed by atoms with E-state index in [1.807, 2.05) is 0 Å². The Kier molecular flexibility index (Phi) is 8.11. The van der Waals surface area contributed by atoms with Gasteiger partial charge in [0.1, 0.15) is 18.2 Å². The number of nitrogens with two attached hydrogens (primary N) is 1. The molecule has 0 unspecified atom stereocenters. The van der Waals surface area contributed by atoms with Gasteiger partial charge in [0.15, 0.2) is 11.5 Å². The predicted molar refractivity (Wildman–Crippen MR) is 104 cm³/mol. The molecule has 0 heterocycles. The van der Waals surface area contributed by atoms with Crippen molar-refractivity contribution < 1.29 is 29.3 Å². The molecule has 7 nitrogen and oxygen atoms in total. The first-order valence-corrected chi connectivity index (χ1v) is 9.95. The van der Waals surface area contributed by atoms with Crippen molar-refractivity contribution in [3.05, 3.63) is 23.8 Å². The molecule has 1 aromatic carbocycles. The summed E-state index contributed by atoms with van der Waals surface area (Å²) in [6.07, 6.45) is 5.06. The molecule has 0 aromatic heterocycles. The summed E-state index contributed by atoms with van der Waals surface area (Å²) in [7, 11) is 0. The summed E-state index contributed by atoms with van der Waals surface area (Å²) in [5.41, 5.74) is 6.49. The molecule has 0 saturated heterocycles. The third-order valence-corrected chi connectivity index (χ3v) is 5.25. The van der Waals surface area contributed by atoms with E-state index in [9.17, 15) is 19.8 Å². The van der Waals surface area contributed by atoms with Gasteiger partial charge in [0.05, 0.1) is 5.92 Å². The number of phenolic OH excluding ortho intramolecular Hbond substituents is 2. The second-order valence-electron chi connectivity index (χ2n) is 7.61. The van der Waals surface area contributed by atoms with E-state index in [-0.39, 0.29) is 29.8 Å². The van der Waals surface area contributed by atoms with Gasteiger partial charge in [-0.05, 0) is 50.8 Å². The lowest BCUT2D eigenvalue weighted by Crippen LogP contribution is -2.40. The van der Waals surface area contributed by atoms with Crippen LogP contribution in [0.1, 0.15) is 57.9 Å². The highest BCUT2D eigenvalue weighted by molar-refractivity contribution is 5.76. The van der Waals surface area contributed by atoms with Crippen molar-refractivity contribution in [2.24, 2.45) is 11.7 Å². The molecule has 0 aliphatic heterocycles. The normalized spacial score (nSPS) is 18.5. The van der Waals surface area contributed by atoms with Gasteiger partial charge in [-0.1, -0.05) is 31.7 Å². The standard InChI is InChI=1S/C21H31NO6/c1-13(27-20(25)16-7-5-3-4-6-8-16)14(2)28-21(26)17(22)11-15-9-10-18(23)19(24)12-15/h9-10,12-14,16-17,23-24H,3-8,11,22H2,1-2H3/t13-,14-,17+/m1/s1. The summed E-state index contributed by atoms with van der Waals surface area (Å²) < 4.78 is 10.9. The Morgan fingerprint density at radius 2 is 1.64 bits per heavy atom. The zero-order chi connectivity index (χ0) is 20.7. The number of benzene rings is 1. The Morgan fingerprint density at radius 3 is 2.25 bits per heavy atom. The van der Waals surface area contributed by atoms with Gasteiger partial charge in [-0.3, -0.25) is 9.59 Å². The van der Waals surface area contributed by atoms with E-state index in [2.05, 4.69) is 0 Å². The van der Waals surface area contributed by atoms with Gasteiger partial charge < -0.3 is 25.4 Å². The molecule has 1 aromatic rings. The number of aromatic hydroxyl groups is 2. The molecule has 7 heteroatoms. The monoisotopic (exact) mass is 393 g/mol. The van der Waals surface area contributed by atoms with Crippen LogP contribution in [0.4, 0.5) is 0 Å².